The van der Waals surface area contributed by atoms with Gasteiger partial charge in [0.25, 0.3) is 5.91 Å². The lowest BCUT2D eigenvalue weighted by molar-refractivity contribution is -0.154. The molecule has 0 saturated heterocycles. The number of hydrogen-bond donors (Lipinski definition) is 6. The average molecular weight is 728 g/mol. The monoisotopic (exact) mass is 727 g/mol. The van der Waals surface area contributed by atoms with Gasteiger partial charge in [0.2, 0.25) is 11.9 Å². The van der Waals surface area contributed by atoms with E-state index in [2.05, 4.69) is 46.5 Å². The van der Waals surface area contributed by atoms with Crippen molar-refractivity contribution in [3.8, 4) is 6.01 Å². The summed E-state index contributed by atoms with van der Waals surface area (Å²) in [4.78, 5) is 64.8. The van der Waals surface area contributed by atoms with Crippen LogP contribution in [0.4, 0.5) is 36.4 Å². The van der Waals surface area contributed by atoms with Crippen LogP contribution in [0.3, 0.4) is 0 Å². The van der Waals surface area contributed by atoms with Crippen molar-refractivity contribution in [3.63, 3.8) is 0 Å². The van der Waals surface area contributed by atoms with E-state index in [0.29, 0.717) is 29.2 Å². The Morgan fingerprint density at radius 3 is 2.25 bits per heavy atom. The lowest BCUT2D eigenvalue weighted by atomic mass is 10.1. The minimum atomic E-state index is -4.64. The molecule has 1 aliphatic rings. The van der Waals surface area contributed by atoms with Gasteiger partial charge in [0.15, 0.2) is 6.61 Å². The molecule has 2 heterocycles. The van der Waals surface area contributed by atoms with Gasteiger partial charge in [-0.15, -0.1) is 0 Å². The van der Waals surface area contributed by atoms with Gasteiger partial charge in [-0.3, -0.25) is 19.4 Å². The van der Waals surface area contributed by atoms with Gasteiger partial charge in [-0.2, -0.15) is 28.1 Å². The van der Waals surface area contributed by atoms with Crippen molar-refractivity contribution < 1.29 is 42.2 Å². The number of halogens is 4. The molecule has 6 N–H and O–H groups in total. The van der Waals surface area contributed by atoms with Crippen LogP contribution in [0.5, 0.6) is 6.01 Å². The minimum absolute atomic E-state index is 0.0434. The van der Waals surface area contributed by atoms with E-state index in [9.17, 15) is 37.5 Å². The number of carbonyl (C=O) groups is 4. The second kappa shape index (κ2) is 15.7. The number of ether oxygens (including phenoxy) is 1. The standard InChI is InChI=1S/C32H29ClF3N9O6/c33-20-7-5-19(6-8-20)31(12-13-31)45-29-42-28(43-30(44-29)51-17-32(34,35)36)40-21-9-3-18(4-10-21)24(46)41-23(27(49)50)11-15-38-25(47)26(48)39-22-2-1-14-37-16-22/h1-10,14,16,23H,11-13,15,17H2,(H,38,47)(H,39,48)(H,41,46)(H,49,50)(H2,40,42,43,44,45)/t23-/m0/s1. The van der Waals surface area contributed by atoms with Crippen LogP contribution in [0.1, 0.15) is 35.2 Å². The molecule has 15 nitrogen and oxygen atoms in total. The summed E-state index contributed by atoms with van der Waals surface area (Å²) in [6.07, 6.45) is -0.652. The summed E-state index contributed by atoms with van der Waals surface area (Å²) in [5, 5.41) is 23.1. The van der Waals surface area contributed by atoms with E-state index in [1.165, 1.54) is 42.7 Å². The number of rotatable bonds is 14. The summed E-state index contributed by atoms with van der Waals surface area (Å²) in [6, 6.07) is 13.8. The molecular weight excluding hydrogens is 699 g/mol. The molecule has 0 aliphatic heterocycles. The number of pyridine rings is 1. The molecule has 0 spiro atoms. The van der Waals surface area contributed by atoms with Crippen molar-refractivity contribution in [2.45, 2.75) is 37.0 Å². The number of aliphatic carboxylic acids is 1. The van der Waals surface area contributed by atoms with E-state index in [1.54, 1.807) is 18.2 Å². The van der Waals surface area contributed by atoms with Crippen molar-refractivity contribution in [1.29, 1.82) is 0 Å². The first-order chi connectivity index (χ1) is 24.3. The average Bonchev–Trinajstić information content (AvgIpc) is 3.87. The molecule has 266 valence electrons. The fourth-order valence-corrected chi connectivity index (χ4v) is 4.77. The van der Waals surface area contributed by atoms with Crippen LogP contribution in [-0.2, 0) is 19.9 Å². The molecule has 2 aromatic carbocycles. The number of anilines is 4. The third kappa shape index (κ3) is 10.5. The Morgan fingerprint density at radius 1 is 0.922 bits per heavy atom. The number of aromatic nitrogens is 4. The summed E-state index contributed by atoms with van der Waals surface area (Å²) < 4.78 is 43.5. The van der Waals surface area contributed by atoms with Gasteiger partial charge in [-0.25, -0.2) is 4.79 Å². The molecule has 1 saturated carbocycles. The fraction of sp³-hybridized carbons (Fsp3) is 0.250. The van der Waals surface area contributed by atoms with Gasteiger partial charge in [-0.1, -0.05) is 23.7 Å². The largest absolute Gasteiger partial charge is 0.480 e. The maximum Gasteiger partial charge on any atom is 0.422 e. The van der Waals surface area contributed by atoms with Gasteiger partial charge in [0.05, 0.1) is 17.4 Å². The highest BCUT2D eigenvalue weighted by atomic mass is 35.5. The van der Waals surface area contributed by atoms with Crippen molar-refractivity contribution in [3.05, 3.63) is 89.2 Å². The van der Waals surface area contributed by atoms with E-state index < -0.39 is 54.1 Å². The summed E-state index contributed by atoms with van der Waals surface area (Å²) in [5.74, 6) is -4.31. The Morgan fingerprint density at radius 2 is 1.63 bits per heavy atom. The van der Waals surface area contributed by atoms with Crippen LogP contribution in [0.15, 0.2) is 73.1 Å². The van der Waals surface area contributed by atoms with Crippen molar-refractivity contribution in [2.75, 3.05) is 29.1 Å². The maximum atomic E-state index is 12.9. The molecule has 1 atom stereocenters. The Bertz CT molecular complexity index is 1880. The van der Waals surface area contributed by atoms with Crippen LogP contribution in [0.2, 0.25) is 5.02 Å². The zero-order valence-electron chi connectivity index (χ0n) is 26.3. The van der Waals surface area contributed by atoms with Gasteiger partial charge in [-0.05, 0) is 73.4 Å². The van der Waals surface area contributed by atoms with Crippen molar-refractivity contribution >= 4 is 58.6 Å². The number of nitrogens with zero attached hydrogens (tertiary/aromatic N) is 4. The zero-order valence-corrected chi connectivity index (χ0v) is 27.1. The van der Waals surface area contributed by atoms with Crippen LogP contribution >= 0.6 is 11.6 Å². The van der Waals surface area contributed by atoms with Crippen LogP contribution in [0.25, 0.3) is 0 Å². The Kier molecular flexibility index (Phi) is 11.1. The quantitative estimate of drug-likeness (QED) is 0.102. The van der Waals surface area contributed by atoms with Gasteiger partial charge < -0.3 is 36.4 Å². The van der Waals surface area contributed by atoms with Crippen molar-refractivity contribution in [1.82, 2.24) is 30.6 Å². The molecule has 0 bridgehead atoms. The first kappa shape index (κ1) is 36.2. The second-order valence-corrected chi connectivity index (χ2v) is 11.6. The van der Waals surface area contributed by atoms with E-state index in [-0.39, 0.29) is 30.4 Å². The summed E-state index contributed by atoms with van der Waals surface area (Å²) in [7, 11) is 0. The molecular formula is C32H29ClF3N9O6. The van der Waals surface area contributed by atoms with Gasteiger partial charge in [0.1, 0.15) is 6.04 Å². The molecule has 0 unspecified atom stereocenters. The number of carboxylic acids is 1. The van der Waals surface area contributed by atoms with E-state index in [1.807, 2.05) is 12.1 Å². The topological polar surface area (TPSA) is 209 Å². The predicted molar refractivity (Wildman–Crippen MR) is 176 cm³/mol. The maximum absolute atomic E-state index is 12.9. The molecule has 19 heteroatoms. The van der Waals surface area contributed by atoms with E-state index >= 15 is 0 Å². The minimum Gasteiger partial charge on any atom is -0.480 e. The lowest BCUT2D eigenvalue weighted by Gasteiger charge is -2.19. The van der Waals surface area contributed by atoms with Crippen LogP contribution in [0, 0.1) is 0 Å². The molecule has 4 aromatic rings. The molecule has 0 radical (unpaired) electrons. The summed E-state index contributed by atoms with van der Waals surface area (Å²) >= 11 is 6.01. The van der Waals surface area contributed by atoms with Gasteiger partial charge >= 0.3 is 30.0 Å². The molecule has 5 rings (SSSR count). The third-order valence-corrected chi connectivity index (χ3v) is 7.58. The van der Waals surface area contributed by atoms with Crippen LogP contribution in [-0.4, -0.2) is 74.1 Å². The van der Waals surface area contributed by atoms with E-state index in [4.69, 9.17) is 16.3 Å². The van der Waals surface area contributed by atoms with Crippen LogP contribution < -0.4 is 31.3 Å². The number of nitrogens with one attached hydrogen (secondary N) is 5. The highest BCUT2D eigenvalue weighted by Crippen LogP contribution is 2.48. The van der Waals surface area contributed by atoms with Gasteiger partial charge in [0, 0.05) is 29.0 Å². The number of carbonyl (C=O) groups excluding carboxylic acids is 3. The Labute approximate surface area is 292 Å². The number of amides is 3. The summed E-state index contributed by atoms with van der Waals surface area (Å²) in [6.45, 7) is -1.87. The Balaban J connectivity index is 1.20. The number of benzene rings is 2. The molecule has 1 aliphatic carbocycles. The normalized spacial score (nSPS) is 13.6. The first-order valence-corrected chi connectivity index (χ1v) is 15.6. The Hall–Kier alpha value is -6.04. The second-order valence-electron chi connectivity index (χ2n) is 11.2. The molecule has 1 fully saturated rings. The molecule has 2 aromatic heterocycles. The molecule has 3 amide bonds. The number of alkyl halides is 3. The zero-order chi connectivity index (χ0) is 36.6. The highest BCUT2D eigenvalue weighted by molar-refractivity contribution is 6.39. The van der Waals surface area contributed by atoms with Crippen molar-refractivity contribution in [2.24, 2.45) is 0 Å². The smallest absolute Gasteiger partial charge is 0.422 e. The summed E-state index contributed by atoms with van der Waals surface area (Å²) in [5.41, 5.74) is 1.01. The first-order valence-electron chi connectivity index (χ1n) is 15.2. The highest BCUT2D eigenvalue weighted by Gasteiger charge is 2.45. The fourth-order valence-electron chi connectivity index (χ4n) is 4.64. The predicted octanol–water partition coefficient (Wildman–Crippen LogP) is 4.03. The number of carboxylic acid groups (broad SMARTS) is 1. The third-order valence-electron chi connectivity index (χ3n) is 7.33. The SMILES string of the molecule is O=C(NCC[C@H](NC(=O)c1ccc(Nc2nc(NC3(c4ccc(Cl)cc4)CC3)nc(OCC(F)(F)F)n2)cc1)C(=O)O)C(=O)Nc1cccnc1. The molecule has 51 heavy (non-hydrogen) atoms. The number of hydrogen-bond acceptors (Lipinski definition) is 11. The van der Waals surface area contributed by atoms with E-state index in [0.717, 1.165) is 5.56 Å². The lowest BCUT2D eigenvalue weighted by Crippen LogP contribution is -2.44.